The van der Waals surface area contributed by atoms with Crippen LogP contribution in [0.4, 0.5) is 4.79 Å². The standard InChI is InChI=1S/C16H16N4O3/c17-10-12-5-6-19-15(9-12)14-4-3-13(11-20-14)22-7-1-2-8-23-16(18)21/h3-6,9,11H,1-2,7-8H2,(H2,18,21). The summed E-state index contributed by atoms with van der Waals surface area (Å²) >= 11 is 0. The number of nitriles is 1. The highest BCUT2D eigenvalue weighted by molar-refractivity contribution is 5.64. The summed E-state index contributed by atoms with van der Waals surface area (Å²) in [6, 6.07) is 8.97. The Bertz CT molecular complexity index is 695. The van der Waals surface area contributed by atoms with E-state index in [-0.39, 0.29) is 6.61 Å². The molecule has 0 bridgehead atoms. The molecule has 2 N–H and O–H groups in total. The largest absolute Gasteiger partial charge is 0.492 e. The zero-order valence-electron chi connectivity index (χ0n) is 12.4. The van der Waals surface area contributed by atoms with Crippen molar-refractivity contribution < 1.29 is 14.3 Å². The number of hydrogen-bond acceptors (Lipinski definition) is 6. The number of nitrogens with zero attached hydrogens (tertiary/aromatic N) is 3. The average molecular weight is 312 g/mol. The van der Waals surface area contributed by atoms with Gasteiger partial charge in [-0.2, -0.15) is 5.26 Å². The maximum absolute atomic E-state index is 10.4. The van der Waals surface area contributed by atoms with Crippen molar-refractivity contribution in [1.29, 1.82) is 5.26 Å². The molecular formula is C16H16N4O3. The van der Waals surface area contributed by atoms with Crippen LogP contribution < -0.4 is 10.5 Å². The number of rotatable bonds is 7. The number of hydrogen-bond donors (Lipinski definition) is 1. The zero-order valence-corrected chi connectivity index (χ0v) is 12.4. The van der Waals surface area contributed by atoms with Gasteiger partial charge in [0, 0.05) is 6.20 Å². The van der Waals surface area contributed by atoms with Gasteiger partial charge in [-0.15, -0.1) is 0 Å². The van der Waals surface area contributed by atoms with E-state index in [1.165, 1.54) is 0 Å². The lowest BCUT2D eigenvalue weighted by atomic mass is 10.2. The van der Waals surface area contributed by atoms with E-state index in [0.29, 0.717) is 35.7 Å². The number of aromatic nitrogens is 2. The first-order valence-electron chi connectivity index (χ1n) is 7.06. The zero-order chi connectivity index (χ0) is 16.5. The van der Waals surface area contributed by atoms with Gasteiger partial charge in [-0.25, -0.2) is 4.79 Å². The molecule has 0 unspecified atom stereocenters. The smallest absolute Gasteiger partial charge is 0.404 e. The van der Waals surface area contributed by atoms with Gasteiger partial charge in [0.25, 0.3) is 0 Å². The first-order chi connectivity index (χ1) is 11.2. The molecule has 7 nitrogen and oxygen atoms in total. The Labute approximate surface area is 133 Å². The van der Waals surface area contributed by atoms with Gasteiger partial charge in [-0.05, 0) is 37.1 Å². The molecule has 0 aromatic carbocycles. The molecule has 0 atom stereocenters. The summed E-state index contributed by atoms with van der Waals surface area (Å²) in [4.78, 5) is 18.9. The van der Waals surface area contributed by atoms with Crippen LogP contribution in [0.5, 0.6) is 5.75 Å². The van der Waals surface area contributed by atoms with Crippen molar-refractivity contribution in [1.82, 2.24) is 9.97 Å². The molecule has 0 aliphatic heterocycles. The van der Waals surface area contributed by atoms with Crippen LogP contribution in [0.3, 0.4) is 0 Å². The molecule has 1 amide bonds. The first kappa shape index (κ1) is 16.2. The van der Waals surface area contributed by atoms with E-state index in [1.807, 2.05) is 0 Å². The number of carbonyl (C=O) groups excluding carboxylic acids is 1. The van der Waals surface area contributed by atoms with Crippen LogP contribution in [0.1, 0.15) is 18.4 Å². The van der Waals surface area contributed by atoms with E-state index >= 15 is 0 Å². The van der Waals surface area contributed by atoms with E-state index in [2.05, 4.69) is 20.8 Å². The molecule has 0 aliphatic rings. The lowest BCUT2D eigenvalue weighted by molar-refractivity contribution is 0.152. The maximum Gasteiger partial charge on any atom is 0.404 e. The van der Waals surface area contributed by atoms with Crippen LogP contribution in [0.15, 0.2) is 36.7 Å². The summed E-state index contributed by atoms with van der Waals surface area (Å²) in [6.07, 6.45) is 3.84. The van der Waals surface area contributed by atoms with Gasteiger partial charge in [0.2, 0.25) is 0 Å². The number of pyridine rings is 2. The van der Waals surface area contributed by atoms with Crippen molar-refractivity contribution >= 4 is 6.09 Å². The van der Waals surface area contributed by atoms with Crippen LogP contribution in [0.2, 0.25) is 0 Å². The van der Waals surface area contributed by atoms with Gasteiger partial charge in [0.05, 0.1) is 42.4 Å². The Hall–Kier alpha value is -3.14. The molecule has 0 spiro atoms. The molecule has 0 saturated carbocycles. The minimum absolute atomic E-state index is 0.288. The van der Waals surface area contributed by atoms with Crippen LogP contribution in [-0.2, 0) is 4.74 Å². The highest BCUT2D eigenvalue weighted by atomic mass is 16.5. The van der Waals surface area contributed by atoms with Gasteiger partial charge in [0.1, 0.15) is 5.75 Å². The van der Waals surface area contributed by atoms with Gasteiger partial charge >= 0.3 is 6.09 Å². The Morgan fingerprint density at radius 2 is 2.00 bits per heavy atom. The van der Waals surface area contributed by atoms with Gasteiger partial charge < -0.3 is 15.2 Å². The molecule has 2 rings (SSSR count). The molecule has 2 aromatic heterocycles. The second kappa shape index (κ2) is 8.34. The lowest BCUT2D eigenvalue weighted by Gasteiger charge is -2.07. The van der Waals surface area contributed by atoms with Crippen molar-refractivity contribution in [2.45, 2.75) is 12.8 Å². The van der Waals surface area contributed by atoms with Gasteiger partial charge in [0.15, 0.2) is 0 Å². The molecule has 2 heterocycles. The quantitative estimate of drug-likeness (QED) is 0.785. The summed E-state index contributed by atoms with van der Waals surface area (Å²) in [5.41, 5.74) is 6.70. The Balaban J connectivity index is 1.83. The fourth-order valence-electron chi connectivity index (χ4n) is 1.82. The van der Waals surface area contributed by atoms with Crippen LogP contribution >= 0.6 is 0 Å². The Morgan fingerprint density at radius 3 is 2.70 bits per heavy atom. The SMILES string of the molecule is N#Cc1ccnc(-c2ccc(OCCCCOC(N)=O)cn2)c1. The average Bonchev–Trinajstić information content (AvgIpc) is 2.58. The van der Waals surface area contributed by atoms with Crippen molar-refractivity contribution in [2.24, 2.45) is 5.73 Å². The number of nitrogens with two attached hydrogens (primary N) is 1. The maximum atomic E-state index is 10.4. The second-order valence-electron chi connectivity index (χ2n) is 4.64. The van der Waals surface area contributed by atoms with Crippen molar-refractivity contribution in [3.63, 3.8) is 0 Å². The Kier molecular flexibility index (Phi) is 5.89. The monoisotopic (exact) mass is 312 g/mol. The third-order valence-corrected chi connectivity index (χ3v) is 2.94. The molecule has 7 heteroatoms. The second-order valence-corrected chi connectivity index (χ2v) is 4.64. The van der Waals surface area contributed by atoms with Crippen LogP contribution in [0, 0.1) is 11.3 Å². The number of carbonyl (C=O) groups is 1. The van der Waals surface area contributed by atoms with Crippen molar-refractivity contribution in [3.8, 4) is 23.2 Å². The normalized spacial score (nSPS) is 9.87. The molecule has 0 aliphatic carbocycles. The molecule has 2 aromatic rings. The predicted molar refractivity (Wildman–Crippen MR) is 82.4 cm³/mol. The minimum atomic E-state index is -0.764. The van der Waals surface area contributed by atoms with E-state index in [0.717, 1.165) is 6.42 Å². The first-order valence-corrected chi connectivity index (χ1v) is 7.06. The summed E-state index contributed by atoms with van der Waals surface area (Å²) in [5, 5.41) is 8.89. The van der Waals surface area contributed by atoms with Crippen LogP contribution in [-0.4, -0.2) is 29.3 Å². The molecule has 0 saturated heterocycles. The number of unbranched alkanes of at least 4 members (excludes halogenated alkanes) is 1. The van der Waals surface area contributed by atoms with Crippen molar-refractivity contribution in [2.75, 3.05) is 13.2 Å². The Morgan fingerprint density at radius 1 is 1.17 bits per heavy atom. The molecule has 0 radical (unpaired) electrons. The topological polar surface area (TPSA) is 111 Å². The number of primary amides is 1. The molecule has 0 fully saturated rings. The van der Waals surface area contributed by atoms with E-state index in [1.54, 1.807) is 36.7 Å². The fourth-order valence-corrected chi connectivity index (χ4v) is 1.82. The molecule has 118 valence electrons. The highest BCUT2D eigenvalue weighted by Crippen LogP contribution is 2.18. The molecular weight excluding hydrogens is 296 g/mol. The summed E-state index contributed by atoms with van der Waals surface area (Å²) in [5.74, 6) is 0.640. The van der Waals surface area contributed by atoms with Gasteiger partial charge in [-0.1, -0.05) is 0 Å². The fraction of sp³-hybridized carbons (Fsp3) is 0.250. The van der Waals surface area contributed by atoms with Gasteiger partial charge in [-0.3, -0.25) is 9.97 Å². The van der Waals surface area contributed by atoms with Crippen LogP contribution in [0.25, 0.3) is 11.4 Å². The number of amides is 1. The summed E-state index contributed by atoms with van der Waals surface area (Å²) in [7, 11) is 0. The predicted octanol–water partition coefficient (Wildman–Crippen LogP) is 2.27. The summed E-state index contributed by atoms with van der Waals surface area (Å²) < 4.78 is 10.2. The third kappa shape index (κ3) is 5.28. The van der Waals surface area contributed by atoms with E-state index < -0.39 is 6.09 Å². The highest BCUT2D eigenvalue weighted by Gasteiger charge is 2.03. The number of ether oxygens (including phenoxy) is 2. The minimum Gasteiger partial charge on any atom is -0.492 e. The summed E-state index contributed by atoms with van der Waals surface area (Å²) in [6.45, 7) is 0.780. The van der Waals surface area contributed by atoms with E-state index in [4.69, 9.17) is 15.7 Å². The lowest BCUT2D eigenvalue weighted by Crippen LogP contribution is -2.14. The third-order valence-electron chi connectivity index (χ3n) is 2.94. The van der Waals surface area contributed by atoms with Crippen molar-refractivity contribution in [3.05, 3.63) is 42.2 Å². The van der Waals surface area contributed by atoms with E-state index in [9.17, 15) is 4.79 Å². The molecule has 23 heavy (non-hydrogen) atoms.